The molecule has 2 nitrogen and oxygen atoms in total. The number of nitriles is 1. The van der Waals surface area contributed by atoms with Crippen LogP contribution in [-0.4, -0.2) is 0 Å². The Hall–Kier alpha value is -2.12. The van der Waals surface area contributed by atoms with Gasteiger partial charge in [0.1, 0.15) is 17.6 Å². The van der Waals surface area contributed by atoms with Gasteiger partial charge in [-0.1, -0.05) is 11.6 Å². The number of rotatable bonds is 2. The highest BCUT2D eigenvalue weighted by Crippen LogP contribution is 2.30. The molecule has 5 heteroatoms. The second-order valence-electron chi connectivity index (χ2n) is 3.43. The van der Waals surface area contributed by atoms with Crippen LogP contribution in [0.2, 0.25) is 5.02 Å². The Labute approximate surface area is 107 Å². The van der Waals surface area contributed by atoms with E-state index < -0.39 is 11.6 Å². The molecule has 0 N–H and O–H groups in total. The number of halogens is 3. The number of benzene rings is 2. The van der Waals surface area contributed by atoms with E-state index in [1.807, 2.05) is 6.07 Å². The minimum absolute atomic E-state index is 0.0782. The van der Waals surface area contributed by atoms with E-state index in [2.05, 4.69) is 0 Å². The summed E-state index contributed by atoms with van der Waals surface area (Å²) in [5, 5.41) is 9.20. The third kappa shape index (κ3) is 2.58. The second kappa shape index (κ2) is 5.03. The summed E-state index contributed by atoms with van der Waals surface area (Å²) in [4.78, 5) is 0. The van der Waals surface area contributed by atoms with Crippen LogP contribution in [0.15, 0.2) is 36.4 Å². The summed E-state index contributed by atoms with van der Waals surface area (Å²) in [6, 6.07) is 9.01. The van der Waals surface area contributed by atoms with E-state index in [0.717, 1.165) is 18.2 Å². The maximum atomic E-state index is 13.4. The summed E-state index contributed by atoms with van der Waals surface area (Å²) in [5.74, 6) is -1.57. The van der Waals surface area contributed by atoms with Crippen LogP contribution in [0.5, 0.6) is 11.5 Å². The summed E-state index contributed by atoms with van der Waals surface area (Å²) in [6.45, 7) is 0. The molecule has 0 radical (unpaired) electrons. The van der Waals surface area contributed by atoms with Gasteiger partial charge in [-0.2, -0.15) is 5.26 Å². The Balaban J connectivity index is 2.43. The van der Waals surface area contributed by atoms with Crippen molar-refractivity contribution in [2.24, 2.45) is 0 Å². The molecule has 0 atom stereocenters. The van der Waals surface area contributed by atoms with E-state index in [4.69, 9.17) is 21.6 Å². The van der Waals surface area contributed by atoms with E-state index in [1.165, 1.54) is 18.2 Å². The van der Waals surface area contributed by atoms with Crippen molar-refractivity contribution in [3.63, 3.8) is 0 Å². The molecule has 0 aromatic heterocycles. The van der Waals surface area contributed by atoms with Gasteiger partial charge in [0.15, 0.2) is 11.6 Å². The van der Waals surface area contributed by atoms with Crippen LogP contribution in [0, 0.1) is 23.0 Å². The molecule has 0 spiro atoms. The molecule has 0 fully saturated rings. The van der Waals surface area contributed by atoms with E-state index in [0.29, 0.717) is 5.02 Å². The summed E-state index contributed by atoms with van der Waals surface area (Å²) in [6.07, 6.45) is 0. The predicted molar refractivity (Wildman–Crippen MR) is 62.6 cm³/mol. The lowest BCUT2D eigenvalue weighted by Gasteiger charge is -2.08. The lowest BCUT2D eigenvalue weighted by molar-refractivity contribution is 0.435. The van der Waals surface area contributed by atoms with E-state index >= 15 is 0 Å². The number of hydrogen-bond acceptors (Lipinski definition) is 2. The van der Waals surface area contributed by atoms with Gasteiger partial charge < -0.3 is 4.74 Å². The van der Waals surface area contributed by atoms with Crippen molar-refractivity contribution in [1.82, 2.24) is 0 Å². The molecule has 0 aliphatic rings. The van der Waals surface area contributed by atoms with Gasteiger partial charge in [0.25, 0.3) is 0 Å². The zero-order valence-electron chi connectivity index (χ0n) is 8.95. The number of ether oxygens (including phenoxy) is 1. The Bertz CT molecular complexity index is 637. The normalized spacial score (nSPS) is 9.89. The fourth-order valence-corrected chi connectivity index (χ4v) is 1.51. The van der Waals surface area contributed by atoms with E-state index in [1.54, 1.807) is 0 Å². The summed E-state index contributed by atoms with van der Waals surface area (Å²) in [5.41, 5.74) is 0.183. The maximum absolute atomic E-state index is 13.4. The van der Waals surface area contributed by atoms with Gasteiger partial charge in [0.05, 0.1) is 5.56 Å². The van der Waals surface area contributed by atoms with Crippen molar-refractivity contribution in [1.29, 1.82) is 5.26 Å². The molecule has 90 valence electrons. The van der Waals surface area contributed by atoms with Gasteiger partial charge in [-0.15, -0.1) is 0 Å². The molecule has 0 heterocycles. The molecule has 0 aliphatic carbocycles. The van der Waals surface area contributed by atoms with Crippen molar-refractivity contribution in [3.05, 3.63) is 58.6 Å². The van der Waals surface area contributed by atoms with Crippen molar-refractivity contribution < 1.29 is 13.5 Å². The van der Waals surface area contributed by atoms with Crippen molar-refractivity contribution in [2.75, 3.05) is 0 Å². The molecular formula is C13H6ClF2NO. The van der Waals surface area contributed by atoms with Gasteiger partial charge in [0.2, 0.25) is 0 Å². The van der Waals surface area contributed by atoms with Crippen LogP contribution in [0.25, 0.3) is 0 Å². The Kier molecular flexibility index (Phi) is 3.45. The zero-order valence-corrected chi connectivity index (χ0v) is 9.71. The lowest BCUT2D eigenvalue weighted by Crippen LogP contribution is -1.92. The van der Waals surface area contributed by atoms with Gasteiger partial charge in [-0.05, 0) is 24.3 Å². The number of hydrogen-bond donors (Lipinski definition) is 0. The molecule has 0 bridgehead atoms. The molecule has 0 aliphatic heterocycles. The summed E-state index contributed by atoms with van der Waals surface area (Å²) in [7, 11) is 0. The maximum Gasteiger partial charge on any atom is 0.166 e. The SMILES string of the molecule is N#Cc1ccc(Cl)cc1Oc1cc(F)ccc1F. The topological polar surface area (TPSA) is 33.0 Å². The van der Waals surface area contributed by atoms with Crippen LogP contribution in [-0.2, 0) is 0 Å². The molecule has 0 saturated heterocycles. The third-order valence-corrected chi connectivity index (χ3v) is 2.41. The standard InChI is InChI=1S/C13H6ClF2NO/c14-9-2-1-8(7-17)12(5-9)18-13-6-10(15)3-4-11(13)16/h1-6H. The minimum atomic E-state index is -0.722. The van der Waals surface area contributed by atoms with Gasteiger partial charge in [-0.25, -0.2) is 8.78 Å². The van der Waals surface area contributed by atoms with Crippen LogP contribution < -0.4 is 4.74 Å². The highest BCUT2D eigenvalue weighted by Gasteiger charge is 2.10. The largest absolute Gasteiger partial charge is 0.453 e. The fraction of sp³-hybridized carbons (Fsp3) is 0. The van der Waals surface area contributed by atoms with Crippen molar-refractivity contribution in [2.45, 2.75) is 0 Å². The van der Waals surface area contributed by atoms with Gasteiger partial charge in [0, 0.05) is 17.2 Å². The highest BCUT2D eigenvalue weighted by molar-refractivity contribution is 6.30. The molecule has 2 rings (SSSR count). The second-order valence-corrected chi connectivity index (χ2v) is 3.87. The first-order chi connectivity index (χ1) is 8.60. The quantitative estimate of drug-likeness (QED) is 0.812. The fourth-order valence-electron chi connectivity index (χ4n) is 1.35. The minimum Gasteiger partial charge on any atom is -0.453 e. The average Bonchev–Trinajstić information content (AvgIpc) is 2.34. The van der Waals surface area contributed by atoms with Crippen molar-refractivity contribution >= 4 is 11.6 Å². The number of nitrogens with zero attached hydrogens (tertiary/aromatic N) is 1. The average molecular weight is 266 g/mol. The highest BCUT2D eigenvalue weighted by atomic mass is 35.5. The Morgan fingerprint density at radius 2 is 1.83 bits per heavy atom. The smallest absolute Gasteiger partial charge is 0.166 e. The lowest BCUT2D eigenvalue weighted by atomic mass is 10.2. The molecule has 0 saturated carbocycles. The van der Waals surface area contributed by atoms with Crippen LogP contribution >= 0.6 is 11.6 Å². The van der Waals surface area contributed by atoms with Crippen LogP contribution in [0.3, 0.4) is 0 Å². The molecule has 2 aromatic rings. The van der Waals surface area contributed by atoms with Gasteiger partial charge in [-0.3, -0.25) is 0 Å². The summed E-state index contributed by atoms with van der Waals surface area (Å²) < 4.78 is 31.5. The molecule has 18 heavy (non-hydrogen) atoms. The summed E-state index contributed by atoms with van der Waals surface area (Å²) >= 11 is 5.75. The third-order valence-electron chi connectivity index (χ3n) is 2.18. The Morgan fingerprint density at radius 1 is 1.06 bits per heavy atom. The molecule has 2 aromatic carbocycles. The van der Waals surface area contributed by atoms with Crippen LogP contribution in [0.1, 0.15) is 5.56 Å². The Morgan fingerprint density at radius 3 is 2.56 bits per heavy atom. The molecule has 0 unspecified atom stereocenters. The van der Waals surface area contributed by atoms with Gasteiger partial charge >= 0.3 is 0 Å². The monoisotopic (exact) mass is 265 g/mol. The molecular weight excluding hydrogens is 260 g/mol. The van der Waals surface area contributed by atoms with E-state index in [9.17, 15) is 8.78 Å². The first-order valence-electron chi connectivity index (χ1n) is 4.92. The first-order valence-corrected chi connectivity index (χ1v) is 5.30. The first kappa shape index (κ1) is 12.3. The van der Waals surface area contributed by atoms with E-state index in [-0.39, 0.29) is 17.1 Å². The zero-order chi connectivity index (χ0) is 13.1. The predicted octanol–water partition coefficient (Wildman–Crippen LogP) is 4.28. The molecule has 0 amide bonds. The van der Waals surface area contributed by atoms with Crippen molar-refractivity contribution in [3.8, 4) is 17.6 Å². The van der Waals surface area contributed by atoms with Crippen LogP contribution in [0.4, 0.5) is 8.78 Å².